The van der Waals surface area contributed by atoms with E-state index in [9.17, 15) is 0 Å². The summed E-state index contributed by atoms with van der Waals surface area (Å²) in [5.74, 6) is 1.10. The largest absolute Gasteiger partial charge is 0.490 e. The smallest absolute Gasteiger partial charge is 0.123 e. The minimum Gasteiger partial charge on any atom is -0.490 e. The van der Waals surface area contributed by atoms with Gasteiger partial charge in [-0.05, 0) is 31.0 Å². The normalized spacial score (nSPS) is 25.6. The minimum atomic E-state index is 0.338. The van der Waals surface area contributed by atoms with E-state index in [0.717, 1.165) is 38.3 Å². The van der Waals surface area contributed by atoms with Crippen LogP contribution in [0.25, 0.3) is 0 Å². The Morgan fingerprint density at radius 2 is 2.11 bits per heavy atom. The summed E-state index contributed by atoms with van der Waals surface area (Å²) in [6.07, 6.45) is 1.39. The molecule has 2 unspecified atom stereocenters. The van der Waals surface area contributed by atoms with E-state index >= 15 is 0 Å². The average Bonchev–Trinajstić information content (AvgIpc) is 2.78. The molecule has 0 radical (unpaired) electrons. The van der Waals surface area contributed by atoms with Gasteiger partial charge in [-0.15, -0.1) is 0 Å². The lowest BCUT2D eigenvalue weighted by Crippen LogP contribution is -2.44. The zero-order valence-electron chi connectivity index (χ0n) is 11.3. The fraction of sp³-hybridized carbons (Fsp3) is 0.600. The van der Waals surface area contributed by atoms with Gasteiger partial charge in [0.15, 0.2) is 0 Å². The Morgan fingerprint density at radius 1 is 1.33 bits per heavy atom. The monoisotopic (exact) mass is 246 g/mol. The van der Waals surface area contributed by atoms with E-state index in [1.807, 2.05) is 0 Å². The molecule has 0 amide bonds. The van der Waals surface area contributed by atoms with Crippen molar-refractivity contribution in [3.8, 4) is 5.75 Å². The Bertz CT molecular complexity index is 427. The number of nitrogens with zero attached hydrogens (tertiary/aromatic N) is 1. The zero-order valence-corrected chi connectivity index (χ0v) is 11.3. The maximum atomic E-state index is 5.85. The third-order valence-electron chi connectivity index (χ3n) is 4.11. The molecule has 2 atom stereocenters. The van der Waals surface area contributed by atoms with Crippen LogP contribution in [0.5, 0.6) is 5.75 Å². The molecule has 1 fully saturated rings. The third kappa shape index (κ3) is 2.25. The molecule has 2 aliphatic rings. The van der Waals surface area contributed by atoms with Crippen LogP contribution in [0.1, 0.15) is 31.0 Å². The van der Waals surface area contributed by atoms with Gasteiger partial charge in [0.2, 0.25) is 0 Å². The van der Waals surface area contributed by atoms with Crippen molar-refractivity contribution in [3.05, 3.63) is 29.3 Å². The Hall–Kier alpha value is -1.06. The molecule has 3 nitrogen and oxygen atoms in total. The van der Waals surface area contributed by atoms with Gasteiger partial charge in [0.1, 0.15) is 11.9 Å². The van der Waals surface area contributed by atoms with Gasteiger partial charge in [-0.1, -0.05) is 12.1 Å². The highest BCUT2D eigenvalue weighted by atomic mass is 16.5. The van der Waals surface area contributed by atoms with Gasteiger partial charge >= 0.3 is 0 Å². The van der Waals surface area contributed by atoms with Crippen molar-refractivity contribution in [2.45, 2.75) is 32.4 Å². The van der Waals surface area contributed by atoms with Gasteiger partial charge in [0, 0.05) is 38.6 Å². The third-order valence-corrected chi connectivity index (χ3v) is 4.11. The molecular weight excluding hydrogens is 224 g/mol. The molecule has 0 saturated carbocycles. The first-order valence-electron chi connectivity index (χ1n) is 6.98. The van der Waals surface area contributed by atoms with E-state index < -0.39 is 0 Å². The maximum absolute atomic E-state index is 5.85. The summed E-state index contributed by atoms with van der Waals surface area (Å²) < 4.78 is 5.85. The van der Waals surface area contributed by atoms with Crippen molar-refractivity contribution in [2.75, 3.05) is 26.2 Å². The highest BCUT2D eigenvalue weighted by Gasteiger charge is 2.22. The first kappa shape index (κ1) is 12.0. The standard InChI is InChI=1S/C15H22N2O/c1-11-9-14-4-3-13(10-15(14)18-11)12(2)17-7-5-16-6-8-17/h3-4,10-12,16H,5-9H2,1-2H3. The quantitative estimate of drug-likeness (QED) is 0.863. The Morgan fingerprint density at radius 3 is 2.89 bits per heavy atom. The lowest BCUT2D eigenvalue weighted by molar-refractivity contribution is 0.185. The predicted molar refractivity (Wildman–Crippen MR) is 73.1 cm³/mol. The number of rotatable bonds is 2. The Balaban J connectivity index is 1.78. The van der Waals surface area contributed by atoms with E-state index in [-0.39, 0.29) is 0 Å². The van der Waals surface area contributed by atoms with Crippen molar-refractivity contribution >= 4 is 0 Å². The minimum absolute atomic E-state index is 0.338. The molecule has 0 spiro atoms. The first-order chi connectivity index (χ1) is 8.74. The number of fused-ring (bicyclic) bond motifs is 1. The van der Waals surface area contributed by atoms with Crippen LogP contribution in [-0.2, 0) is 6.42 Å². The molecule has 1 N–H and O–H groups in total. The van der Waals surface area contributed by atoms with Crippen LogP contribution in [0.2, 0.25) is 0 Å². The fourth-order valence-electron chi connectivity index (χ4n) is 2.96. The van der Waals surface area contributed by atoms with Crippen molar-refractivity contribution < 1.29 is 4.74 Å². The summed E-state index contributed by atoms with van der Waals surface area (Å²) in [4.78, 5) is 2.54. The molecule has 0 aliphatic carbocycles. The summed E-state index contributed by atoms with van der Waals surface area (Å²) in [7, 11) is 0. The van der Waals surface area contributed by atoms with Crippen molar-refractivity contribution in [2.24, 2.45) is 0 Å². The van der Waals surface area contributed by atoms with Gasteiger partial charge in [-0.3, -0.25) is 4.90 Å². The second kappa shape index (κ2) is 4.90. The summed E-state index contributed by atoms with van der Waals surface area (Å²) >= 11 is 0. The van der Waals surface area contributed by atoms with Crippen LogP contribution in [0.3, 0.4) is 0 Å². The molecule has 3 rings (SSSR count). The number of hydrogen-bond acceptors (Lipinski definition) is 3. The molecule has 0 bridgehead atoms. The molecular formula is C15H22N2O. The van der Waals surface area contributed by atoms with Crippen LogP contribution in [0, 0.1) is 0 Å². The zero-order chi connectivity index (χ0) is 12.5. The summed E-state index contributed by atoms with van der Waals surface area (Å²) in [6.45, 7) is 8.90. The Kier molecular flexibility index (Phi) is 3.27. The number of benzene rings is 1. The molecule has 1 aromatic rings. The topological polar surface area (TPSA) is 24.5 Å². The predicted octanol–water partition coefficient (Wildman–Crippen LogP) is 1.98. The number of ether oxygens (including phenoxy) is 1. The van der Waals surface area contributed by atoms with E-state index in [0.29, 0.717) is 12.1 Å². The number of nitrogens with one attached hydrogen (secondary N) is 1. The Labute approximate surface area is 109 Å². The lowest BCUT2D eigenvalue weighted by atomic mass is 10.0. The fourth-order valence-corrected chi connectivity index (χ4v) is 2.96. The molecule has 1 saturated heterocycles. The van der Waals surface area contributed by atoms with Crippen molar-refractivity contribution in [1.29, 1.82) is 0 Å². The van der Waals surface area contributed by atoms with Crippen LogP contribution in [-0.4, -0.2) is 37.2 Å². The van der Waals surface area contributed by atoms with Crippen LogP contribution < -0.4 is 10.1 Å². The highest BCUT2D eigenvalue weighted by Crippen LogP contribution is 2.32. The van der Waals surface area contributed by atoms with Crippen LogP contribution in [0.15, 0.2) is 18.2 Å². The molecule has 2 aliphatic heterocycles. The molecule has 1 aromatic carbocycles. The van der Waals surface area contributed by atoms with Gasteiger partial charge in [-0.2, -0.15) is 0 Å². The SMILES string of the molecule is CC1Cc2ccc(C(C)N3CCNCC3)cc2O1. The lowest BCUT2D eigenvalue weighted by Gasteiger charge is -2.33. The van der Waals surface area contributed by atoms with E-state index in [2.05, 4.69) is 42.3 Å². The second-order valence-corrected chi connectivity index (χ2v) is 5.46. The number of piperazine rings is 1. The van der Waals surface area contributed by atoms with Gasteiger partial charge in [0.25, 0.3) is 0 Å². The molecule has 2 heterocycles. The maximum Gasteiger partial charge on any atom is 0.123 e. The van der Waals surface area contributed by atoms with E-state index in [1.165, 1.54) is 11.1 Å². The van der Waals surface area contributed by atoms with E-state index in [1.54, 1.807) is 0 Å². The first-order valence-corrected chi connectivity index (χ1v) is 6.98. The van der Waals surface area contributed by atoms with Crippen molar-refractivity contribution in [1.82, 2.24) is 10.2 Å². The summed E-state index contributed by atoms with van der Waals surface area (Å²) in [5.41, 5.74) is 2.74. The van der Waals surface area contributed by atoms with Gasteiger partial charge < -0.3 is 10.1 Å². The van der Waals surface area contributed by atoms with Gasteiger partial charge in [0.05, 0.1) is 0 Å². The van der Waals surface area contributed by atoms with Crippen LogP contribution in [0.4, 0.5) is 0 Å². The molecule has 98 valence electrons. The highest BCUT2D eigenvalue weighted by molar-refractivity contribution is 5.41. The molecule has 3 heteroatoms. The van der Waals surface area contributed by atoms with Crippen LogP contribution >= 0.6 is 0 Å². The second-order valence-electron chi connectivity index (χ2n) is 5.46. The number of hydrogen-bond donors (Lipinski definition) is 1. The van der Waals surface area contributed by atoms with Crippen molar-refractivity contribution in [3.63, 3.8) is 0 Å². The summed E-state index contributed by atoms with van der Waals surface area (Å²) in [6, 6.07) is 7.24. The average molecular weight is 246 g/mol. The summed E-state index contributed by atoms with van der Waals surface area (Å²) in [5, 5.41) is 3.40. The van der Waals surface area contributed by atoms with E-state index in [4.69, 9.17) is 4.74 Å². The molecule has 18 heavy (non-hydrogen) atoms. The molecule has 0 aromatic heterocycles. The van der Waals surface area contributed by atoms with Gasteiger partial charge in [-0.25, -0.2) is 0 Å².